The average molecular weight is 574 g/mol. The van der Waals surface area contributed by atoms with Crippen molar-refractivity contribution in [3.05, 3.63) is 125 Å². The Hall–Kier alpha value is -4.49. The van der Waals surface area contributed by atoms with E-state index in [1.165, 1.54) is 22.4 Å². The maximum absolute atomic E-state index is 13.3. The molecule has 1 aliphatic heterocycles. The number of benzene rings is 3. The van der Waals surface area contributed by atoms with Crippen LogP contribution in [0.15, 0.2) is 91.1 Å². The number of hydrogen-bond acceptors (Lipinski definition) is 3. The summed E-state index contributed by atoms with van der Waals surface area (Å²) in [5.74, 6) is -0.0461. The van der Waals surface area contributed by atoms with Crippen molar-refractivity contribution in [2.45, 2.75) is 46.2 Å². The minimum atomic E-state index is -0.147. The predicted octanol–water partition coefficient (Wildman–Crippen LogP) is 7.26. The van der Waals surface area contributed by atoms with Gasteiger partial charge in [0.25, 0.3) is 0 Å². The Balaban J connectivity index is 1.33. The minimum Gasteiger partial charge on any atom is -0.352 e. The molecular formula is C35H35N5OS. The highest BCUT2D eigenvalue weighted by Gasteiger charge is 2.41. The van der Waals surface area contributed by atoms with E-state index in [4.69, 9.17) is 17.2 Å². The van der Waals surface area contributed by atoms with Gasteiger partial charge in [0.05, 0.1) is 23.5 Å². The molecule has 2 atom stereocenters. The van der Waals surface area contributed by atoms with Crippen LogP contribution in [0.1, 0.15) is 52.3 Å². The zero-order valence-electron chi connectivity index (χ0n) is 24.4. The molecular weight excluding hydrogens is 538 g/mol. The number of aromatic nitrogens is 2. The van der Waals surface area contributed by atoms with Gasteiger partial charge in [0.2, 0.25) is 5.91 Å². The Labute approximate surface area is 252 Å². The third-order valence-corrected chi connectivity index (χ3v) is 8.65. The van der Waals surface area contributed by atoms with Crippen LogP contribution in [0.2, 0.25) is 0 Å². The predicted molar refractivity (Wildman–Crippen MR) is 174 cm³/mol. The topological polar surface area (TPSA) is 62.2 Å². The van der Waals surface area contributed by atoms with Gasteiger partial charge in [0.15, 0.2) is 5.11 Å². The van der Waals surface area contributed by atoms with Crippen LogP contribution >= 0.6 is 12.2 Å². The number of nitrogens with one attached hydrogen (secondary N) is 2. The number of carbonyl (C=O) groups is 1. The lowest BCUT2D eigenvalue weighted by Gasteiger charge is -2.28. The molecule has 3 heterocycles. The van der Waals surface area contributed by atoms with Gasteiger partial charge in [0.1, 0.15) is 0 Å². The molecule has 0 bridgehead atoms. The Morgan fingerprint density at radius 1 is 0.929 bits per heavy atom. The summed E-state index contributed by atoms with van der Waals surface area (Å²) in [6.45, 7) is 9.12. The van der Waals surface area contributed by atoms with E-state index in [1.54, 1.807) is 0 Å². The largest absolute Gasteiger partial charge is 0.352 e. The average Bonchev–Trinajstić information content (AvgIpc) is 3.47. The highest BCUT2D eigenvalue weighted by atomic mass is 32.1. The molecule has 0 unspecified atom stereocenters. The summed E-state index contributed by atoms with van der Waals surface area (Å²) >= 11 is 5.91. The van der Waals surface area contributed by atoms with Crippen molar-refractivity contribution in [3.63, 3.8) is 0 Å². The molecule has 42 heavy (non-hydrogen) atoms. The normalized spacial score (nSPS) is 16.6. The van der Waals surface area contributed by atoms with Gasteiger partial charge < -0.3 is 20.1 Å². The molecule has 1 saturated heterocycles. The molecule has 3 aromatic carbocycles. The number of pyridine rings is 1. The molecule has 1 amide bonds. The van der Waals surface area contributed by atoms with Gasteiger partial charge in [-0.05, 0) is 86.3 Å². The smallest absolute Gasteiger partial charge is 0.226 e. The minimum absolute atomic E-state index is 0.0461. The van der Waals surface area contributed by atoms with Gasteiger partial charge in [-0.25, -0.2) is 0 Å². The summed E-state index contributed by atoms with van der Waals surface area (Å²) in [5.41, 5.74) is 8.90. The molecule has 6 rings (SSSR count). The second-order valence-electron chi connectivity index (χ2n) is 11.0. The molecule has 2 N–H and O–H groups in total. The number of anilines is 1. The lowest BCUT2D eigenvalue weighted by molar-refractivity contribution is -0.116. The number of thiocarbonyl (C=S) groups is 1. The van der Waals surface area contributed by atoms with Crippen molar-refractivity contribution in [2.75, 3.05) is 11.9 Å². The van der Waals surface area contributed by atoms with E-state index in [0.717, 1.165) is 33.5 Å². The SMILES string of the molecule is Cc1cccc(C)c1-n1c(C)cc([C@@H]2[C@H](c3ccccn3)NC(=S)N2CCC(=O)Nc2cccc3ccccc23)c1C. The van der Waals surface area contributed by atoms with Crippen molar-refractivity contribution >= 4 is 39.7 Å². The first-order valence-corrected chi connectivity index (χ1v) is 14.8. The Kier molecular flexibility index (Phi) is 7.52. The van der Waals surface area contributed by atoms with E-state index < -0.39 is 0 Å². The fourth-order valence-corrected chi connectivity index (χ4v) is 6.68. The van der Waals surface area contributed by atoms with E-state index in [0.29, 0.717) is 18.1 Å². The first-order chi connectivity index (χ1) is 20.3. The van der Waals surface area contributed by atoms with Crippen LogP contribution < -0.4 is 10.6 Å². The van der Waals surface area contributed by atoms with Crippen LogP contribution in [0, 0.1) is 27.7 Å². The van der Waals surface area contributed by atoms with Crippen molar-refractivity contribution in [1.29, 1.82) is 0 Å². The molecule has 5 aromatic rings. The lowest BCUT2D eigenvalue weighted by Crippen LogP contribution is -2.33. The number of para-hydroxylation sites is 1. The third kappa shape index (κ3) is 5.05. The molecule has 2 aromatic heterocycles. The van der Waals surface area contributed by atoms with E-state index >= 15 is 0 Å². The zero-order valence-corrected chi connectivity index (χ0v) is 25.2. The van der Waals surface area contributed by atoms with Gasteiger partial charge >= 0.3 is 0 Å². The van der Waals surface area contributed by atoms with E-state index in [1.807, 2.05) is 54.7 Å². The van der Waals surface area contributed by atoms with Gasteiger partial charge in [-0.3, -0.25) is 9.78 Å². The van der Waals surface area contributed by atoms with Crippen molar-refractivity contribution in [3.8, 4) is 5.69 Å². The fraction of sp³-hybridized carbons (Fsp3) is 0.229. The monoisotopic (exact) mass is 573 g/mol. The summed E-state index contributed by atoms with van der Waals surface area (Å²) in [6.07, 6.45) is 2.11. The number of aryl methyl sites for hydroxylation is 3. The van der Waals surface area contributed by atoms with E-state index in [9.17, 15) is 4.79 Å². The second-order valence-corrected chi connectivity index (χ2v) is 11.4. The first-order valence-electron chi connectivity index (χ1n) is 14.3. The number of carbonyl (C=O) groups excluding carboxylic acids is 1. The van der Waals surface area contributed by atoms with Crippen LogP contribution in [0.4, 0.5) is 5.69 Å². The Morgan fingerprint density at radius 3 is 2.40 bits per heavy atom. The van der Waals surface area contributed by atoms with Crippen LogP contribution in [0.25, 0.3) is 16.5 Å². The molecule has 0 saturated carbocycles. The summed E-state index contributed by atoms with van der Waals surface area (Å²) < 4.78 is 2.35. The van der Waals surface area contributed by atoms with Crippen molar-refractivity contribution < 1.29 is 4.79 Å². The molecule has 212 valence electrons. The van der Waals surface area contributed by atoms with E-state index in [2.05, 4.69) is 84.2 Å². The van der Waals surface area contributed by atoms with Crippen LogP contribution in [0.5, 0.6) is 0 Å². The quantitative estimate of drug-likeness (QED) is 0.201. The molecule has 0 radical (unpaired) electrons. The van der Waals surface area contributed by atoms with E-state index in [-0.39, 0.29) is 18.0 Å². The molecule has 1 fully saturated rings. The number of hydrogen-bond donors (Lipinski definition) is 2. The zero-order chi connectivity index (χ0) is 29.4. The number of nitrogens with zero attached hydrogens (tertiary/aromatic N) is 3. The molecule has 6 nitrogen and oxygen atoms in total. The molecule has 0 aliphatic carbocycles. The Morgan fingerprint density at radius 2 is 1.64 bits per heavy atom. The number of fused-ring (bicyclic) bond motifs is 1. The fourth-order valence-electron chi connectivity index (χ4n) is 6.34. The van der Waals surface area contributed by atoms with Crippen molar-refractivity contribution in [2.24, 2.45) is 0 Å². The van der Waals surface area contributed by atoms with Crippen molar-refractivity contribution in [1.82, 2.24) is 19.8 Å². The van der Waals surface area contributed by atoms with Crippen LogP contribution in [-0.4, -0.2) is 32.0 Å². The van der Waals surface area contributed by atoms with Gasteiger partial charge in [-0.1, -0.05) is 60.7 Å². The van der Waals surface area contributed by atoms with Gasteiger partial charge in [-0.15, -0.1) is 0 Å². The summed E-state index contributed by atoms with van der Waals surface area (Å²) in [4.78, 5) is 20.1. The summed E-state index contributed by atoms with van der Waals surface area (Å²) in [6, 6.07) is 28.4. The molecule has 7 heteroatoms. The summed E-state index contributed by atoms with van der Waals surface area (Å²) in [5, 5.41) is 9.42. The van der Waals surface area contributed by atoms with Crippen LogP contribution in [-0.2, 0) is 4.79 Å². The van der Waals surface area contributed by atoms with Gasteiger partial charge in [0, 0.05) is 41.6 Å². The highest BCUT2D eigenvalue weighted by Crippen LogP contribution is 2.42. The Bertz CT molecular complexity index is 1770. The second kappa shape index (κ2) is 11.4. The molecule has 0 spiro atoms. The molecule has 1 aliphatic rings. The maximum atomic E-state index is 13.3. The van der Waals surface area contributed by atoms with Crippen LogP contribution in [0.3, 0.4) is 0 Å². The summed E-state index contributed by atoms with van der Waals surface area (Å²) in [7, 11) is 0. The first kappa shape index (κ1) is 27.7. The van der Waals surface area contributed by atoms with Gasteiger partial charge in [-0.2, -0.15) is 0 Å². The number of amides is 1. The standard InChI is InChI=1S/C35H35N5OS/c1-22-11-9-12-23(2)33(22)40-24(3)21-28(25(40)4)34-32(30-16-7-8-19-36-30)38-35(42)39(34)20-18-31(41)37-29-17-10-14-26-13-5-6-15-27(26)29/h5-17,19,21,32,34H,18,20H2,1-4H3,(H,37,41)(H,38,42)/t32-,34+/m0/s1. The third-order valence-electron chi connectivity index (χ3n) is 8.29. The number of rotatable bonds is 7. The lowest BCUT2D eigenvalue weighted by atomic mass is 9.96. The highest BCUT2D eigenvalue weighted by molar-refractivity contribution is 7.80. The maximum Gasteiger partial charge on any atom is 0.226 e.